The van der Waals surface area contributed by atoms with Crippen LogP contribution < -0.4 is 5.32 Å². The molecule has 114 valence electrons. The van der Waals surface area contributed by atoms with Gasteiger partial charge in [0, 0.05) is 31.4 Å². The van der Waals surface area contributed by atoms with Crippen molar-refractivity contribution in [1.29, 1.82) is 0 Å². The maximum atomic E-state index is 10.6. The third-order valence-corrected chi connectivity index (χ3v) is 4.73. The zero-order valence-electron chi connectivity index (χ0n) is 13.5. The lowest BCUT2D eigenvalue weighted by molar-refractivity contribution is 0.0445. The maximum absolute atomic E-state index is 10.6. The van der Waals surface area contributed by atoms with Gasteiger partial charge in [-0.2, -0.15) is 5.10 Å². The molecule has 0 aliphatic heterocycles. The van der Waals surface area contributed by atoms with Crippen LogP contribution >= 0.6 is 0 Å². The summed E-state index contributed by atoms with van der Waals surface area (Å²) in [6.45, 7) is 9.46. The Morgan fingerprint density at radius 2 is 2.25 bits per heavy atom. The fourth-order valence-corrected chi connectivity index (χ4v) is 3.38. The predicted octanol–water partition coefficient (Wildman–Crippen LogP) is 2.43. The number of rotatable bonds is 4. The third kappa shape index (κ3) is 3.61. The van der Waals surface area contributed by atoms with E-state index in [0.717, 1.165) is 5.56 Å². The van der Waals surface area contributed by atoms with Crippen molar-refractivity contribution in [3.63, 3.8) is 0 Å². The lowest BCUT2D eigenvalue weighted by Crippen LogP contribution is -2.46. The molecular weight excluding hydrogens is 250 g/mol. The van der Waals surface area contributed by atoms with E-state index in [9.17, 15) is 5.11 Å². The van der Waals surface area contributed by atoms with E-state index in [1.54, 1.807) is 10.9 Å². The summed E-state index contributed by atoms with van der Waals surface area (Å²) in [5, 5.41) is 18.3. The van der Waals surface area contributed by atoms with Gasteiger partial charge in [-0.15, -0.1) is 0 Å². The first kappa shape index (κ1) is 15.5. The summed E-state index contributed by atoms with van der Waals surface area (Å²) in [6.07, 6.45) is 7.32. The highest BCUT2D eigenvalue weighted by Crippen LogP contribution is 2.38. The van der Waals surface area contributed by atoms with Crippen LogP contribution in [0.5, 0.6) is 0 Å². The average molecular weight is 279 g/mol. The molecule has 1 saturated carbocycles. The topological polar surface area (TPSA) is 50.1 Å². The fourth-order valence-electron chi connectivity index (χ4n) is 3.38. The Labute approximate surface area is 122 Å². The van der Waals surface area contributed by atoms with E-state index in [2.05, 4.69) is 31.2 Å². The molecule has 1 heterocycles. The van der Waals surface area contributed by atoms with Gasteiger partial charge in [0.05, 0.1) is 6.20 Å². The Bertz CT molecular complexity index is 450. The van der Waals surface area contributed by atoms with Crippen LogP contribution in [-0.4, -0.2) is 27.5 Å². The van der Waals surface area contributed by atoms with Crippen molar-refractivity contribution < 1.29 is 5.11 Å². The van der Waals surface area contributed by atoms with Crippen molar-refractivity contribution in [3.8, 4) is 0 Å². The van der Waals surface area contributed by atoms with Crippen LogP contribution in [-0.2, 0) is 12.6 Å². The number of aliphatic hydroxyl groups is 1. The molecule has 3 unspecified atom stereocenters. The van der Waals surface area contributed by atoms with Crippen LogP contribution in [0.3, 0.4) is 0 Å². The van der Waals surface area contributed by atoms with Crippen LogP contribution in [0.4, 0.5) is 0 Å². The summed E-state index contributed by atoms with van der Waals surface area (Å²) in [7, 11) is 1.87. The molecule has 3 atom stereocenters. The Kier molecular flexibility index (Phi) is 4.26. The molecule has 1 aliphatic carbocycles. The van der Waals surface area contributed by atoms with Crippen LogP contribution in [0.25, 0.3) is 0 Å². The van der Waals surface area contributed by atoms with Crippen molar-refractivity contribution in [2.24, 2.45) is 18.4 Å². The molecule has 0 amide bonds. The number of nitrogens with one attached hydrogen (secondary N) is 1. The standard InChI is InChI=1S/C16H29N3O/c1-12-8-15(2,3)7-6-14(12)17-11-16(4,20)13-9-18-19(5)10-13/h9-10,12,14,17,20H,6-8,11H2,1-5H3. The molecule has 0 aromatic carbocycles. The number of nitrogens with zero attached hydrogens (tertiary/aromatic N) is 2. The number of aryl methyl sites for hydroxylation is 1. The predicted molar refractivity (Wildman–Crippen MR) is 81.4 cm³/mol. The first-order chi connectivity index (χ1) is 9.20. The lowest BCUT2D eigenvalue weighted by atomic mass is 9.70. The van der Waals surface area contributed by atoms with E-state index in [-0.39, 0.29) is 0 Å². The van der Waals surface area contributed by atoms with E-state index in [0.29, 0.717) is 23.9 Å². The number of hydrogen-bond donors (Lipinski definition) is 2. The summed E-state index contributed by atoms with van der Waals surface area (Å²) in [5.74, 6) is 0.656. The Morgan fingerprint density at radius 1 is 1.55 bits per heavy atom. The monoisotopic (exact) mass is 279 g/mol. The van der Waals surface area contributed by atoms with E-state index in [1.807, 2.05) is 20.2 Å². The van der Waals surface area contributed by atoms with Gasteiger partial charge in [0.25, 0.3) is 0 Å². The third-order valence-electron chi connectivity index (χ3n) is 4.73. The minimum absolute atomic E-state index is 0.462. The van der Waals surface area contributed by atoms with Gasteiger partial charge in [-0.3, -0.25) is 4.68 Å². The minimum atomic E-state index is -0.860. The van der Waals surface area contributed by atoms with Gasteiger partial charge >= 0.3 is 0 Å². The lowest BCUT2D eigenvalue weighted by Gasteiger charge is -2.40. The van der Waals surface area contributed by atoms with E-state index < -0.39 is 5.60 Å². The SMILES string of the molecule is CC1CC(C)(C)CCC1NCC(C)(O)c1cnn(C)c1. The molecule has 0 spiro atoms. The van der Waals surface area contributed by atoms with Gasteiger partial charge in [-0.1, -0.05) is 20.8 Å². The molecule has 0 radical (unpaired) electrons. The van der Waals surface area contributed by atoms with Crippen molar-refractivity contribution in [2.75, 3.05) is 6.54 Å². The van der Waals surface area contributed by atoms with Crippen LogP contribution in [0.15, 0.2) is 12.4 Å². The quantitative estimate of drug-likeness (QED) is 0.890. The molecule has 0 bridgehead atoms. The van der Waals surface area contributed by atoms with Crippen LogP contribution in [0, 0.1) is 11.3 Å². The van der Waals surface area contributed by atoms with Crippen LogP contribution in [0.1, 0.15) is 52.5 Å². The van der Waals surface area contributed by atoms with E-state index in [1.165, 1.54) is 19.3 Å². The fraction of sp³-hybridized carbons (Fsp3) is 0.812. The molecule has 2 N–H and O–H groups in total. The largest absolute Gasteiger partial charge is 0.384 e. The second kappa shape index (κ2) is 5.49. The maximum Gasteiger partial charge on any atom is 0.102 e. The normalized spacial score (nSPS) is 29.1. The molecule has 4 nitrogen and oxygen atoms in total. The molecule has 1 fully saturated rings. The summed E-state index contributed by atoms with van der Waals surface area (Å²) in [6, 6.07) is 0.506. The Morgan fingerprint density at radius 3 is 2.80 bits per heavy atom. The first-order valence-electron chi connectivity index (χ1n) is 7.64. The van der Waals surface area contributed by atoms with Gasteiger partial charge < -0.3 is 10.4 Å². The Hall–Kier alpha value is -0.870. The zero-order chi connectivity index (χ0) is 15.0. The second-order valence-corrected chi connectivity index (χ2v) is 7.55. The summed E-state index contributed by atoms with van der Waals surface area (Å²) < 4.78 is 1.73. The van der Waals surface area contributed by atoms with E-state index in [4.69, 9.17) is 0 Å². The van der Waals surface area contributed by atoms with Gasteiger partial charge in [0.2, 0.25) is 0 Å². The van der Waals surface area contributed by atoms with Gasteiger partial charge in [0.15, 0.2) is 0 Å². The highest BCUT2D eigenvalue weighted by molar-refractivity contribution is 5.14. The van der Waals surface area contributed by atoms with Gasteiger partial charge in [0.1, 0.15) is 5.60 Å². The highest BCUT2D eigenvalue weighted by Gasteiger charge is 2.33. The smallest absolute Gasteiger partial charge is 0.102 e. The van der Waals surface area contributed by atoms with Crippen molar-refractivity contribution >= 4 is 0 Å². The van der Waals surface area contributed by atoms with Crippen molar-refractivity contribution in [3.05, 3.63) is 18.0 Å². The second-order valence-electron chi connectivity index (χ2n) is 7.55. The molecular formula is C16H29N3O. The van der Waals surface area contributed by atoms with Gasteiger partial charge in [-0.25, -0.2) is 0 Å². The van der Waals surface area contributed by atoms with Crippen molar-refractivity contribution in [1.82, 2.24) is 15.1 Å². The highest BCUT2D eigenvalue weighted by atomic mass is 16.3. The summed E-state index contributed by atoms with van der Waals surface area (Å²) >= 11 is 0. The molecule has 1 aliphatic rings. The number of aromatic nitrogens is 2. The van der Waals surface area contributed by atoms with Crippen LogP contribution in [0.2, 0.25) is 0 Å². The minimum Gasteiger partial charge on any atom is -0.384 e. The summed E-state index contributed by atoms with van der Waals surface area (Å²) in [5.41, 5.74) is 0.473. The average Bonchev–Trinajstić information content (AvgIpc) is 2.74. The van der Waals surface area contributed by atoms with E-state index >= 15 is 0 Å². The Balaban J connectivity index is 1.92. The summed E-state index contributed by atoms with van der Waals surface area (Å²) in [4.78, 5) is 0. The van der Waals surface area contributed by atoms with Gasteiger partial charge in [-0.05, 0) is 37.5 Å². The molecule has 4 heteroatoms. The molecule has 0 saturated heterocycles. The number of hydrogen-bond acceptors (Lipinski definition) is 3. The molecule has 1 aromatic heterocycles. The van der Waals surface area contributed by atoms with Crippen molar-refractivity contribution in [2.45, 2.75) is 58.6 Å². The molecule has 1 aromatic rings. The zero-order valence-corrected chi connectivity index (χ0v) is 13.5. The molecule has 2 rings (SSSR count). The first-order valence-corrected chi connectivity index (χ1v) is 7.64. The molecule has 20 heavy (non-hydrogen) atoms.